The number of hydrogen-bond donors (Lipinski definition) is 2. The molecule has 0 radical (unpaired) electrons. The van der Waals surface area contributed by atoms with Crippen molar-refractivity contribution in [3.05, 3.63) is 52.5 Å². The number of amides is 1. The van der Waals surface area contributed by atoms with E-state index in [9.17, 15) is 4.79 Å². The van der Waals surface area contributed by atoms with Gasteiger partial charge in [0.25, 0.3) is 5.91 Å². The fourth-order valence-electron chi connectivity index (χ4n) is 2.01. The van der Waals surface area contributed by atoms with Crippen LogP contribution in [0.25, 0.3) is 0 Å². The molecule has 0 aromatic heterocycles. The number of carbonyl (C=O) groups is 1. The van der Waals surface area contributed by atoms with Gasteiger partial charge in [-0.2, -0.15) is 5.10 Å². The van der Waals surface area contributed by atoms with Gasteiger partial charge in [-0.15, -0.1) is 0 Å². The number of ether oxygens (including phenoxy) is 2. The highest BCUT2D eigenvalue weighted by atomic mass is 79.9. The first kappa shape index (κ1) is 18.8. The normalized spacial score (nSPS) is 10.5. The van der Waals surface area contributed by atoms with E-state index in [1.54, 1.807) is 25.5 Å². The van der Waals surface area contributed by atoms with Gasteiger partial charge in [0.1, 0.15) is 0 Å². The van der Waals surface area contributed by atoms with E-state index >= 15 is 0 Å². The fraction of sp³-hybridized carbons (Fsp3) is 0.222. The summed E-state index contributed by atoms with van der Waals surface area (Å²) in [4.78, 5) is 11.8. The zero-order chi connectivity index (χ0) is 18.1. The summed E-state index contributed by atoms with van der Waals surface area (Å²) < 4.78 is 11.7. The maximum atomic E-state index is 11.8. The van der Waals surface area contributed by atoms with Crippen LogP contribution in [-0.4, -0.2) is 32.4 Å². The van der Waals surface area contributed by atoms with E-state index in [1.807, 2.05) is 37.3 Å². The molecule has 0 unspecified atom stereocenters. The molecular formula is C18H20BrN3O3. The maximum Gasteiger partial charge on any atom is 0.259 e. The van der Waals surface area contributed by atoms with Crippen LogP contribution >= 0.6 is 15.9 Å². The lowest BCUT2D eigenvalue weighted by molar-refractivity contribution is -0.119. The molecule has 2 N–H and O–H groups in total. The zero-order valence-electron chi connectivity index (χ0n) is 14.1. The lowest BCUT2D eigenvalue weighted by Crippen LogP contribution is -2.25. The van der Waals surface area contributed by atoms with Crippen LogP contribution in [0, 0.1) is 0 Å². The van der Waals surface area contributed by atoms with Crippen molar-refractivity contribution < 1.29 is 14.3 Å². The second-order valence-corrected chi connectivity index (χ2v) is 5.91. The Kier molecular flexibility index (Phi) is 7.28. The number of benzene rings is 2. The highest BCUT2D eigenvalue weighted by Crippen LogP contribution is 2.27. The summed E-state index contributed by atoms with van der Waals surface area (Å²) in [6, 6.07) is 13.0. The Morgan fingerprint density at radius 1 is 1.20 bits per heavy atom. The van der Waals surface area contributed by atoms with Gasteiger partial charge in [0.15, 0.2) is 11.5 Å². The highest BCUT2D eigenvalue weighted by Gasteiger charge is 2.04. The Balaban J connectivity index is 1.85. The van der Waals surface area contributed by atoms with Crippen molar-refractivity contribution in [3.8, 4) is 11.5 Å². The van der Waals surface area contributed by atoms with Crippen molar-refractivity contribution in [2.24, 2.45) is 5.10 Å². The molecule has 0 aliphatic heterocycles. The molecule has 0 bridgehead atoms. The first-order chi connectivity index (χ1) is 12.1. The van der Waals surface area contributed by atoms with Gasteiger partial charge in [0.2, 0.25) is 0 Å². The molecule has 2 aromatic rings. The number of carbonyl (C=O) groups excluding carboxylic acids is 1. The molecule has 0 fully saturated rings. The fourth-order valence-corrected chi connectivity index (χ4v) is 2.27. The minimum absolute atomic E-state index is 0.131. The summed E-state index contributed by atoms with van der Waals surface area (Å²) in [5, 5.41) is 6.97. The van der Waals surface area contributed by atoms with Crippen molar-refractivity contribution >= 4 is 33.7 Å². The van der Waals surface area contributed by atoms with E-state index < -0.39 is 0 Å². The molecule has 0 saturated heterocycles. The topological polar surface area (TPSA) is 72.0 Å². The Labute approximate surface area is 155 Å². The number of anilines is 1. The SMILES string of the molecule is CCOc1ccc(/C=N\NC(=O)CNc2ccc(Br)cc2)cc1OC. The number of hydrazone groups is 1. The molecule has 132 valence electrons. The molecular weight excluding hydrogens is 386 g/mol. The van der Waals surface area contributed by atoms with E-state index in [-0.39, 0.29) is 12.5 Å². The molecule has 0 heterocycles. The molecule has 0 aliphatic carbocycles. The van der Waals surface area contributed by atoms with Gasteiger partial charge in [0.05, 0.1) is 26.5 Å². The van der Waals surface area contributed by atoms with E-state index in [1.165, 1.54) is 0 Å². The number of nitrogens with zero attached hydrogens (tertiary/aromatic N) is 1. The highest BCUT2D eigenvalue weighted by molar-refractivity contribution is 9.10. The molecule has 2 rings (SSSR count). The first-order valence-electron chi connectivity index (χ1n) is 7.74. The molecule has 25 heavy (non-hydrogen) atoms. The Morgan fingerprint density at radius 3 is 2.64 bits per heavy atom. The van der Waals surface area contributed by atoms with Crippen molar-refractivity contribution in [2.45, 2.75) is 6.92 Å². The lowest BCUT2D eigenvalue weighted by Gasteiger charge is -2.09. The average molecular weight is 406 g/mol. The smallest absolute Gasteiger partial charge is 0.259 e. The minimum Gasteiger partial charge on any atom is -0.493 e. The van der Waals surface area contributed by atoms with Crippen LogP contribution in [0.1, 0.15) is 12.5 Å². The van der Waals surface area contributed by atoms with Gasteiger partial charge in [-0.1, -0.05) is 15.9 Å². The summed E-state index contributed by atoms with van der Waals surface area (Å²) in [6.07, 6.45) is 1.55. The largest absolute Gasteiger partial charge is 0.493 e. The van der Waals surface area contributed by atoms with E-state index in [2.05, 4.69) is 31.8 Å². The van der Waals surface area contributed by atoms with E-state index in [0.717, 1.165) is 15.7 Å². The standard InChI is InChI=1S/C18H20BrN3O3/c1-3-25-16-9-4-13(10-17(16)24-2)11-21-22-18(23)12-20-15-7-5-14(19)6-8-15/h4-11,20H,3,12H2,1-2H3,(H,22,23)/b21-11-. The molecule has 7 heteroatoms. The van der Waals surface area contributed by atoms with Gasteiger partial charge >= 0.3 is 0 Å². The predicted molar refractivity (Wildman–Crippen MR) is 103 cm³/mol. The van der Waals surface area contributed by atoms with Gasteiger partial charge in [-0.25, -0.2) is 5.43 Å². The minimum atomic E-state index is -0.239. The van der Waals surface area contributed by atoms with Crippen molar-refractivity contribution in [1.29, 1.82) is 0 Å². The molecule has 0 spiro atoms. The summed E-state index contributed by atoms with van der Waals surface area (Å²) in [5.74, 6) is 1.05. The van der Waals surface area contributed by atoms with Crippen LogP contribution in [0.4, 0.5) is 5.69 Å². The monoisotopic (exact) mass is 405 g/mol. The Bertz CT molecular complexity index is 733. The van der Waals surface area contributed by atoms with Crippen LogP contribution in [0.5, 0.6) is 11.5 Å². The first-order valence-corrected chi connectivity index (χ1v) is 8.54. The third-order valence-electron chi connectivity index (χ3n) is 3.19. The quantitative estimate of drug-likeness (QED) is 0.521. The number of methoxy groups -OCH3 is 1. The van der Waals surface area contributed by atoms with Crippen LogP contribution < -0.4 is 20.2 Å². The van der Waals surface area contributed by atoms with Gasteiger partial charge in [0, 0.05) is 10.2 Å². The molecule has 6 nitrogen and oxygen atoms in total. The molecule has 2 aromatic carbocycles. The zero-order valence-corrected chi connectivity index (χ0v) is 15.7. The van der Waals surface area contributed by atoms with Gasteiger partial charge < -0.3 is 14.8 Å². The van der Waals surface area contributed by atoms with Crippen molar-refractivity contribution in [2.75, 3.05) is 25.6 Å². The van der Waals surface area contributed by atoms with Crippen LogP contribution in [0.15, 0.2) is 52.0 Å². The molecule has 0 saturated carbocycles. The average Bonchev–Trinajstić information content (AvgIpc) is 2.62. The lowest BCUT2D eigenvalue weighted by atomic mass is 10.2. The third kappa shape index (κ3) is 6.11. The molecule has 0 atom stereocenters. The van der Waals surface area contributed by atoms with E-state index in [4.69, 9.17) is 9.47 Å². The Morgan fingerprint density at radius 2 is 1.96 bits per heavy atom. The summed E-state index contributed by atoms with van der Waals surface area (Å²) in [6.45, 7) is 2.60. The van der Waals surface area contributed by atoms with Gasteiger partial charge in [-0.05, 0) is 55.0 Å². The second kappa shape index (κ2) is 9.68. The van der Waals surface area contributed by atoms with Crippen LogP contribution in [0.2, 0.25) is 0 Å². The summed E-state index contributed by atoms with van der Waals surface area (Å²) >= 11 is 3.36. The second-order valence-electron chi connectivity index (χ2n) is 5.00. The summed E-state index contributed by atoms with van der Waals surface area (Å²) in [5.41, 5.74) is 4.13. The number of rotatable bonds is 8. The maximum absolute atomic E-state index is 11.8. The molecule has 0 aliphatic rings. The van der Waals surface area contributed by atoms with E-state index in [0.29, 0.717) is 18.1 Å². The molecule has 1 amide bonds. The third-order valence-corrected chi connectivity index (χ3v) is 3.72. The van der Waals surface area contributed by atoms with Gasteiger partial charge in [-0.3, -0.25) is 4.79 Å². The van der Waals surface area contributed by atoms with Crippen LogP contribution in [0.3, 0.4) is 0 Å². The number of halogens is 1. The van der Waals surface area contributed by atoms with Crippen molar-refractivity contribution in [1.82, 2.24) is 5.43 Å². The Hall–Kier alpha value is -2.54. The number of hydrogen-bond acceptors (Lipinski definition) is 5. The predicted octanol–water partition coefficient (Wildman–Crippen LogP) is 3.42. The summed E-state index contributed by atoms with van der Waals surface area (Å²) in [7, 11) is 1.58. The van der Waals surface area contributed by atoms with Crippen LogP contribution in [-0.2, 0) is 4.79 Å². The number of nitrogens with one attached hydrogen (secondary N) is 2. The van der Waals surface area contributed by atoms with Crippen molar-refractivity contribution in [3.63, 3.8) is 0 Å².